The molecule has 1 amide bonds. The Balaban J connectivity index is 1.57. The maximum atomic E-state index is 13.0. The lowest BCUT2D eigenvalue weighted by molar-refractivity contribution is -0.121. The Bertz CT molecular complexity index is 999. The number of pyridine rings is 1. The van der Waals surface area contributed by atoms with Crippen LogP contribution >= 0.6 is 0 Å². The second-order valence-corrected chi connectivity index (χ2v) is 8.41. The van der Waals surface area contributed by atoms with Crippen molar-refractivity contribution in [2.45, 2.75) is 63.8 Å². The molecule has 7 nitrogen and oxygen atoms in total. The Morgan fingerprint density at radius 3 is 2.45 bits per heavy atom. The smallest absolute Gasteiger partial charge is 0.344 e. The van der Waals surface area contributed by atoms with Gasteiger partial charge in [0.2, 0.25) is 5.91 Å². The summed E-state index contributed by atoms with van der Waals surface area (Å²) in [6.45, 7) is 4.10. The maximum absolute atomic E-state index is 13.0. The summed E-state index contributed by atoms with van der Waals surface area (Å²) < 4.78 is 7.42. The second-order valence-electron chi connectivity index (χ2n) is 8.41. The van der Waals surface area contributed by atoms with E-state index in [2.05, 4.69) is 4.90 Å². The normalized spacial score (nSPS) is 24.2. The molecule has 1 aromatic carbocycles. The van der Waals surface area contributed by atoms with Crippen LogP contribution in [0.5, 0.6) is 0 Å². The number of rotatable bonds is 5. The van der Waals surface area contributed by atoms with Gasteiger partial charge in [0.05, 0.1) is 12.1 Å². The van der Waals surface area contributed by atoms with E-state index in [9.17, 15) is 14.4 Å². The zero-order valence-corrected chi connectivity index (χ0v) is 16.8. The molecule has 0 aliphatic carbocycles. The van der Waals surface area contributed by atoms with Crippen LogP contribution in [0.3, 0.4) is 0 Å². The van der Waals surface area contributed by atoms with Gasteiger partial charge >= 0.3 is 5.97 Å². The number of hydrogen-bond donors (Lipinski definition) is 1. The summed E-state index contributed by atoms with van der Waals surface area (Å²) in [5, 5.41) is 0.837. The van der Waals surface area contributed by atoms with E-state index in [4.69, 9.17) is 10.5 Å². The molecule has 154 valence electrons. The fourth-order valence-electron chi connectivity index (χ4n) is 4.92. The number of primary amides is 1. The first-order valence-corrected chi connectivity index (χ1v) is 10.2. The van der Waals surface area contributed by atoms with E-state index in [1.165, 1.54) is 0 Å². The first-order chi connectivity index (χ1) is 13.8. The second kappa shape index (κ2) is 7.63. The molecule has 29 heavy (non-hydrogen) atoms. The Morgan fingerprint density at radius 2 is 1.83 bits per heavy atom. The summed E-state index contributed by atoms with van der Waals surface area (Å²) in [5.41, 5.74) is 5.92. The highest BCUT2D eigenvalue weighted by Crippen LogP contribution is 2.36. The minimum Gasteiger partial charge on any atom is -0.459 e. The van der Waals surface area contributed by atoms with Gasteiger partial charge in [0.15, 0.2) is 0 Å². The third-order valence-electron chi connectivity index (χ3n) is 6.13. The quantitative estimate of drug-likeness (QED) is 0.781. The van der Waals surface area contributed by atoms with Gasteiger partial charge in [0.25, 0.3) is 5.56 Å². The molecular formula is C22H27N3O4. The van der Waals surface area contributed by atoms with Crippen LogP contribution in [0, 0.1) is 0 Å². The van der Waals surface area contributed by atoms with Gasteiger partial charge in [0.1, 0.15) is 11.7 Å². The highest BCUT2D eigenvalue weighted by atomic mass is 16.5. The third-order valence-corrected chi connectivity index (χ3v) is 6.13. The van der Waals surface area contributed by atoms with E-state index in [-0.39, 0.29) is 47.8 Å². The van der Waals surface area contributed by atoms with Crippen molar-refractivity contribution >= 4 is 22.8 Å². The number of aromatic nitrogens is 1. The van der Waals surface area contributed by atoms with Crippen molar-refractivity contribution in [2.24, 2.45) is 5.73 Å². The van der Waals surface area contributed by atoms with Crippen LogP contribution < -0.4 is 11.3 Å². The van der Waals surface area contributed by atoms with Gasteiger partial charge in [-0.05, 0) is 44.2 Å². The maximum Gasteiger partial charge on any atom is 0.344 e. The summed E-state index contributed by atoms with van der Waals surface area (Å²) in [7, 11) is 0. The summed E-state index contributed by atoms with van der Waals surface area (Å²) in [4.78, 5) is 39.4. The molecule has 2 N–H and O–H groups in total. The van der Waals surface area contributed by atoms with E-state index in [1.54, 1.807) is 10.6 Å². The number of benzene rings is 1. The van der Waals surface area contributed by atoms with Crippen molar-refractivity contribution in [2.75, 3.05) is 6.54 Å². The number of ether oxygens (including phenoxy) is 1. The van der Waals surface area contributed by atoms with Crippen molar-refractivity contribution in [3.05, 3.63) is 46.2 Å². The molecule has 3 atom stereocenters. The molecule has 2 aromatic rings. The van der Waals surface area contributed by atoms with Gasteiger partial charge in [-0.1, -0.05) is 18.2 Å². The predicted molar refractivity (Wildman–Crippen MR) is 110 cm³/mol. The number of para-hydroxylation sites is 1. The van der Waals surface area contributed by atoms with E-state index in [1.807, 2.05) is 38.1 Å². The summed E-state index contributed by atoms with van der Waals surface area (Å²) in [6.07, 6.45) is 3.04. The number of piperidine rings is 1. The first kappa shape index (κ1) is 19.6. The number of nitrogens with two attached hydrogens (primary N) is 1. The van der Waals surface area contributed by atoms with Crippen molar-refractivity contribution in [3.8, 4) is 0 Å². The number of carbonyl (C=O) groups excluding carboxylic acids is 2. The molecule has 2 aliphatic heterocycles. The van der Waals surface area contributed by atoms with Crippen LogP contribution in [0.1, 0.15) is 55.9 Å². The van der Waals surface area contributed by atoms with E-state index in [0.717, 1.165) is 23.7 Å². The fourth-order valence-corrected chi connectivity index (χ4v) is 4.92. The molecule has 0 saturated carbocycles. The number of fused-ring (bicyclic) bond motifs is 3. The monoisotopic (exact) mass is 397 g/mol. The van der Waals surface area contributed by atoms with Crippen LogP contribution in [0.25, 0.3) is 10.9 Å². The van der Waals surface area contributed by atoms with Crippen molar-refractivity contribution in [3.63, 3.8) is 0 Å². The summed E-state index contributed by atoms with van der Waals surface area (Å²) in [6, 6.07) is 9.51. The molecule has 0 radical (unpaired) electrons. The summed E-state index contributed by atoms with van der Waals surface area (Å²) in [5.74, 6) is -0.898. The SMILES string of the molecule is CC(C)n1c(=O)c(C(=O)O[C@H]2C[C@H]3CC[C@@H](C2)N3CC(N)=O)cc2ccccc21. The first-order valence-electron chi connectivity index (χ1n) is 10.2. The zero-order valence-electron chi connectivity index (χ0n) is 16.8. The molecule has 3 heterocycles. The third kappa shape index (κ3) is 3.67. The average molecular weight is 397 g/mol. The van der Waals surface area contributed by atoms with Crippen LogP contribution in [0.4, 0.5) is 0 Å². The standard InChI is InChI=1S/C22H27N3O4/c1-13(2)25-19-6-4-3-5-14(19)9-18(21(25)27)22(28)29-17-10-15-7-8-16(11-17)24(15)12-20(23)26/h3-6,9,13,15-17H,7-8,10-12H2,1-2H3,(H2,23,26)/t15-,16+,17+. The van der Waals surface area contributed by atoms with Crippen molar-refractivity contribution < 1.29 is 14.3 Å². The predicted octanol–water partition coefficient (Wildman–Crippen LogP) is 2.22. The lowest BCUT2D eigenvalue weighted by atomic mass is 9.99. The molecule has 2 aliphatic rings. The largest absolute Gasteiger partial charge is 0.459 e. The van der Waals surface area contributed by atoms with Gasteiger partial charge < -0.3 is 15.0 Å². The van der Waals surface area contributed by atoms with Crippen molar-refractivity contribution in [1.82, 2.24) is 9.47 Å². The molecule has 4 rings (SSSR count). The van der Waals surface area contributed by atoms with Gasteiger partial charge in [-0.3, -0.25) is 14.5 Å². The minimum atomic E-state index is -0.567. The molecule has 2 fully saturated rings. The Labute approximate surface area is 169 Å². The average Bonchev–Trinajstić information content (AvgIpc) is 2.88. The highest BCUT2D eigenvalue weighted by Gasteiger charge is 2.42. The van der Waals surface area contributed by atoms with Gasteiger partial charge in [-0.25, -0.2) is 4.79 Å². The molecule has 7 heteroatoms. The molecular weight excluding hydrogens is 370 g/mol. The van der Waals surface area contributed by atoms with Crippen LogP contribution in [0.15, 0.2) is 35.1 Å². The molecule has 2 saturated heterocycles. The number of esters is 1. The van der Waals surface area contributed by atoms with Crippen LogP contribution in [-0.2, 0) is 9.53 Å². The highest BCUT2D eigenvalue weighted by molar-refractivity contribution is 5.94. The van der Waals surface area contributed by atoms with E-state index >= 15 is 0 Å². The minimum absolute atomic E-state index is 0.0734. The van der Waals surface area contributed by atoms with Crippen LogP contribution in [0.2, 0.25) is 0 Å². The molecule has 2 bridgehead atoms. The number of carbonyl (C=O) groups is 2. The molecule has 0 spiro atoms. The zero-order chi connectivity index (χ0) is 20.7. The van der Waals surface area contributed by atoms with Crippen molar-refractivity contribution in [1.29, 1.82) is 0 Å². The van der Waals surface area contributed by atoms with Crippen LogP contribution in [-0.4, -0.2) is 46.1 Å². The molecule has 1 aromatic heterocycles. The Kier molecular flexibility index (Phi) is 5.17. The topological polar surface area (TPSA) is 94.6 Å². The summed E-state index contributed by atoms with van der Waals surface area (Å²) >= 11 is 0. The van der Waals surface area contributed by atoms with Gasteiger partial charge in [-0.15, -0.1) is 0 Å². The van der Waals surface area contributed by atoms with Gasteiger partial charge in [0, 0.05) is 31.0 Å². The number of amides is 1. The Morgan fingerprint density at radius 1 is 1.17 bits per heavy atom. The lowest BCUT2D eigenvalue weighted by Gasteiger charge is -2.37. The van der Waals surface area contributed by atoms with E-state index in [0.29, 0.717) is 12.8 Å². The van der Waals surface area contributed by atoms with E-state index < -0.39 is 5.97 Å². The number of hydrogen-bond acceptors (Lipinski definition) is 5. The molecule has 0 unspecified atom stereocenters. The lowest BCUT2D eigenvalue weighted by Crippen LogP contribution is -2.49. The van der Waals surface area contributed by atoms with Gasteiger partial charge in [-0.2, -0.15) is 0 Å². The fraction of sp³-hybridized carbons (Fsp3) is 0.500. The Hall–Kier alpha value is -2.67. The number of nitrogens with zero attached hydrogens (tertiary/aromatic N) is 2.